The molecule has 2 aliphatic rings. The van der Waals surface area contributed by atoms with E-state index in [1.165, 1.54) is 51.6 Å². The van der Waals surface area contributed by atoms with E-state index < -0.39 is 0 Å². The first-order valence-corrected chi connectivity index (χ1v) is 8.56. The van der Waals surface area contributed by atoms with E-state index in [0.717, 1.165) is 36.3 Å². The molecule has 0 spiro atoms. The molecule has 0 aromatic heterocycles. The van der Waals surface area contributed by atoms with Crippen molar-refractivity contribution in [1.29, 1.82) is 0 Å². The fraction of sp³-hybridized carbons (Fsp3) is 1.00. The number of hydrogen-bond donors (Lipinski definition) is 1. The molecule has 112 valence electrons. The number of nitrogens with zero attached hydrogens (tertiary/aromatic N) is 1. The van der Waals surface area contributed by atoms with E-state index in [1.807, 2.05) is 0 Å². The molecule has 4 unspecified atom stereocenters. The van der Waals surface area contributed by atoms with E-state index in [-0.39, 0.29) is 0 Å². The van der Waals surface area contributed by atoms with Crippen LogP contribution in [-0.2, 0) is 0 Å². The molecule has 1 heterocycles. The van der Waals surface area contributed by atoms with Crippen LogP contribution >= 0.6 is 0 Å². The van der Waals surface area contributed by atoms with E-state index in [4.69, 9.17) is 5.73 Å². The van der Waals surface area contributed by atoms with Crippen molar-refractivity contribution in [3.8, 4) is 0 Å². The largest absolute Gasteiger partial charge is 0.330 e. The first kappa shape index (κ1) is 15.3. The highest BCUT2D eigenvalue weighted by Crippen LogP contribution is 2.33. The highest BCUT2D eigenvalue weighted by Gasteiger charge is 2.31. The third kappa shape index (κ3) is 3.95. The van der Waals surface area contributed by atoms with Crippen molar-refractivity contribution in [3.63, 3.8) is 0 Å². The molecule has 1 aliphatic heterocycles. The molecule has 0 aromatic carbocycles. The maximum Gasteiger partial charge on any atom is 0.00954 e. The SMILES string of the molecule is CC(C)C1CCCC(N2CCC(C)C(CN)C2)CC1. The van der Waals surface area contributed by atoms with Crippen LogP contribution in [0.1, 0.15) is 59.3 Å². The summed E-state index contributed by atoms with van der Waals surface area (Å²) in [6.07, 6.45) is 8.54. The van der Waals surface area contributed by atoms with Gasteiger partial charge in [-0.25, -0.2) is 0 Å². The van der Waals surface area contributed by atoms with Crippen LogP contribution in [0.2, 0.25) is 0 Å². The van der Waals surface area contributed by atoms with Crippen molar-refractivity contribution < 1.29 is 0 Å². The standard InChI is InChI=1S/C17H34N2/c1-13(2)15-5-4-6-17(8-7-15)19-10-9-14(3)16(11-18)12-19/h13-17H,4-12,18H2,1-3H3. The van der Waals surface area contributed by atoms with Gasteiger partial charge in [0.05, 0.1) is 0 Å². The van der Waals surface area contributed by atoms with Gasteiger partial charge >= 0.3 is 0 Å². The van der Waals surface area contributed by atoms with Crippen molar-refractivity contribution in [2.45, 2.75) is 65.3 Å². The van der Waals surface area contributed by atoms with E-state index >= 15 is 0 Å². The summed E-state index contributed by atoms with van der Waals surface area (Å²) in [6, 6.07) is 0.852. The molecule has 2 N–H and O–H groups in total. The summed E-state index contributed by atoms with van der Waals surface area (Å²) < 4.78 is 0. The van der Waals surface area contributed by atoms with Crippen molar-refractivity contribution in [3.05, 3.63) is 0 Å². The zero-order chi connectivity index (χ0) is 13.8. The van der Waals surface area contributed by atoms with Gasteiger partial charge in [0.25, 0.3) is 0 Å². The number of nitrogens with two attached hydrogens (primary N) is 1. The Morgan fingerprint density at radius 3 is 2.58 bits per heavy atom. The number of hydrogen-bond acceptors (Lipinski definition) is 2. The van der Waals surface area contributed by atoms with Crippen LogP contribution < -0.4 is 5.73 Å². The van der Waals surface area contributed by atoms with Gasteiger partial charge in [0.15, 0.2) is 0 Å². The Morgan fingerprint density at radius 1 is 1.11 bits per heavy atom. The predicted octanol–water partition coefficient (Wildman–Crippen LogP) is 3.51. The molecule has 2 fully saturated rings. The molecular weight excluding hydrogens is 232 g/mol. The Kier molecular flexibility index (Phi) is 5.70. The Hall–Kier alpha value is -0.0800. The second-order valence-corrected chi connectivity index (χ2v) is 7.42. The lowest BCUT2D eigenvalue weighted by Crippen LogP contribution is -2.47. The van der Waals surface area contributed by atoms with Crippen LogP contribution in [0.4, 0.5) is 0 Å². The highest BCUT2D eigenvalue weighted by atomic mass is 15.2. The van der Waals surface area contributed by atoms with Crippen LogP contribution in [0.3, 0.4) is 0 Å². The average molecular weight is 266 g/mol. The topological polar surface area (TPSA) is 29.3 Å². The van der Waals surface area contributed by atoms with Gasteiger partial charge in [-0.1, -0.05) is 33.6 Å². The maximum absolute atomic E-state index is 5.95. The van der Waals surface area contributed by atoms with Crippen LogP contribution in [0.15, 0.2) is 0 Å². The summed E-state index contributed by atoms with van der Waals surface area (Å²) in [7, 11) is 0. The monoisotopic (exact) mass is 266 g/mol. The number of piperidine rings is 1. The lowest BCUT2D eigenvalue weighted by Gasteiger charge is -2.41. The highest BCUT2D eigenvalue weighted by molar-refractivity contribution is 4.85. The van der Waals surface area contributed by atoms with E-state index in [9.17, 15) is 0 Å². The number of likely N-dealkylation sites (tertiary alicyclic amines) is 1. The van der Waals surface area contributed by atoms with Gasteiger partial charge in [-0.05, 0) is 62.4 Å². The quantitative estimate of drug-likeness (QED) is 0.792. The second-order valence-electron chi connectivity index (χ2n) is 7.42. The summed E-state index contributed by atoms with van der Waals surface area (Å²) in [5.41, 5.74) is 5.95. The summed E-state index contributed by atoms with van der Waals surface area (Å²) in [5, 5.41) is 0. The van der Waals surface area contributed by atoms with Crippen LogP contribution in [0, 0.1) is 23.7 Å². The molecule has 2 rings (SSSR count). The van der Waals surface area contributed by atoms with Crippen LogP contribution in [-0.4, -0.2) is 30.6 Å². The lowest BCUT2D eigenvalue weighted by atomic mass is 9.85. The third-order valence-electron chi connectivity index (χ3n) is 5.89. The fourth-order valence-corrected chi connectivity index (χ4v) is 4.16. The number of rotatable bonds is 3. The summed E-state index contributed by atoms with van der Waals surface area (Å²) >= 11 is 0. The molecule has 0 bridgehead atoms. The van der Waals surface area contributed by atoms with Gasteiger partial charge < -0.3 is 10.6 Å². The van der Waals surface area contributed by atoms with Gasteiger partial charge in [-0.2, -0.15) is 0 Å². The molecule has 0 radical (unpaired) electrons. The molecule has 2 heteroatoms. The summed E-state index contributed by atoms with van der Waals surface area (Å²) in [5.74, 6) is 3.41. The van der Waals surface area contributed by atoms with E-state index in [2.05, 4.69) is 25.7 Å². The Balaban J connectivity index is 1.88. The normalized spacial score (nSPS) is 38.4. The van der Waals surface area contributed by atoms with Crippen molar-refractivity contribution >= 4 is 0 Å². The lowest BCUT2D eigenvalue weighted by molar-refractivity contribution is 0.0826. The molecule has 2 nitrogen and oxygen atoms in total. The minimum absolute atomic E-state index is 0.734. The van der Waals surface area contributed by atoms with Crippen molar-refractivity contribution in [1.82, 2.24) is 4.90 Å². The third-order valence-corrected chi connectivity index (χ3v) is 5.89. The molecule has 1 aliphatic carbocycles. The zero-order valence-corrected chi connectivity index (χ0v) is 13.3. The molecule has 0 amide bonds. The first-order valence-electron chi connectivity index (χ1n) is 8.56. The van der Waals surface area contributed by atoms with Gasteiger partial charge in [0.2, 0.25) is 0 Å². The first-order chi connectivity index (χ1) is 9.11. The van der Waals surface area contributed by atoms with Crippen molar-refractivity contribution in [2.24, 2.45) is 29.4 Å². The minimum atomic E-state index is 0.734. The van der Waals surface area contributed by atoms with Gasteiger partial charge in [-0.15, -0.1) is 0 Å². The molecule has 19 heavy (non-hydrogen) atoms. The van der Waals surface area contributed by atoms with Gasteiger partial charge in [0.1, 0.15) is 0 Å². The summed E-state index contributed by atoms with van der Waals surface area (Å²) in [4.78, 5) is 2.78. The molecule has 4 atom stereocenters. The Bertz CT molecular complexity index is 264. The minimum Gasteiger partial charge on any atom is -0.330 e. The summed E-state index contributed by atoms with van der Waals surface area (Å²) in [6.45, 7) is 10.6. The van der Waals surface area contributed by atoms with Gasteiger partial charge in [-0.3, -0.25) is 0 Å². The molecule has 1 saturated heterocycles. The predicted molar refractivity (Wildman–Crippen MR) is 83.1 cm³/mol. The Morgan fingerprint density at radius 2 is 1.89 bits per heavy atom. The zero-order valence-electron chi connectivity index (χ0n) is 13.3. The molecular formula is C17H34N2. The van der Waals surface area contributed by atoms with Crippen molar-refractivity contribution in [2.75, 3.05) is 19.6 Å². The molecule has 0 aromatic rings. The second kappa shape index (κ2) is 7.08. The van der Waals surface area contributed by atoms with Gasteiger partial charge in [0, 0.05) is 12.6 Å². The van der Waals surface area contributed by atoms with E-state index in [0.29, 0.717) is 0 Å². The molecule has 1 saturated carbocycles. The Labute approximate surface area is 120 Å². The fourth-order valence-electron chi connectivity index (χ4n) is 4.16. The van der Waals surface area contributed by atoms with E-state index in [1.54, 1.807) is 0 Å². The maximum atomic E-state index is 5.95. The smallest absolute Gasteiger partial charge is 0.00954 e. The van der Waals surface area contributed by atoms with Crippen LogP contribution in [0.5, 0.6) is 0 Å². The van der Waals surface area contributed by atoms with Crippen LogP contribution in [0.25, 0.3) is 0 Å². The average Bonchev–Trinajstić information content (AvgIpc) is 2.65.